The number of aromatic amines is 1. The minimum absolute atomic E-state index is 0.407. The molecule has 1 heterocycles. The molecule has 0 amide bonds. The van der Waals surface area contributed by atoms with Crippen LogP contribution in [0.4, 0.5) is 5.82 Å². The Morgan fingerprint density at radius 3 is 2.61 bits per heavy atom. The minimum Gasteiger partial charge on any atom is -0.382 e. The fourth-order valence-corrected chi connectivity index (χ4v) is 3.96. The van der Waals surface area contributed by atoms with Crippen molar-refractivity contribution in [2.24, 2.45) is 11.7 Å². The second-order valence-electron chi connectivity index (χ2n) is 7.20. The Balaban J connectivity index is 1.70. The van der Waals surface area contributed by atoms with Crippen LogP contribution in [0.2, 0.25) is 0 Å². The van der Waals surface area contributed by atoms with Gasteiger partial charge in [0.2, 0.25) is 0 Å². The molecule has 0 saturated heterocycles. The van der Waals surface area contributed by atoms with Gasteiger partial charge < -0.3 is 11.5 Å². The van der Waals surface area contributed by atoms with Gasteiger partial charge in [0.05, 0.1) is 5.52 Å². The minimum atomic E-state index is 0.407. The quantitative estimate of drug-likeness (QED) is 0.778. The van der Waals surface area contributed by atoms with Gasteiger partial charge >= 0.3 is 0 Å². The van der Waals surface area contributed by atoms with Crippen molar-refractivity contribution in [2.75, 3.05) is 5.73 Å². The van der Waals surface area contributed by atoms with Gasteiger partial charge in [0.25, 0.3) is 0 Å². The van der Waals surface area contributed by atoms with Gasteiger partial charge in [-0.3, -0.25) is 5.10 Å². The summed E-state index contributed by atoms with van der Waals surface area (Å²) in [5.74, 6) is 1.35. The van der Waals surface area contributed by atoms with Gasteiger partial charge in [-0.25, -0.2) is 0 Å². The van der Waals surface area contributed by atoms with E-state index in [1.165, 1.54) is 63.4 Å². The van der Waals surface area contributed by atoms with Crippen molar-refractivity contribution in [3.63, 3.8) is 0 Å². The molecular formula is C19H30N4. The summed E-state index contributed by atoms with van der Waals surface area (Å²) in [4.78, 5) is 0. The highest BCUT2D eigenvalue weighted by atomic mass is 15.1. The summed E-state index contributed by atoms with van der Waals surface area (Å²) in [7, 11) is 0. The number of nitrogens with two attached hydrogens (primary N) is 2. The number of aromatic nitrogens is 2. The number of hydrogen-bond acceptors (Lipinski definition) is 3. The third kappa shape index (κ3) is 4.25. The molecule has 3 rings (SSSR count). The van der Waals surface area contributed by atoms with Gasteiger partial charge in [-0.15, -0.1) is 0 Å². The Labute approximate surface area is 139 Å². The number of para-hydroxylation sites is 1. The molecule has 5 N–H and O–H groups in total. The van der Waals surface area contributed by atoms with Gasteiger partial charge in [-0.1, -0.05) is 57.1 Å². The topological polar surface area (TPSA) is 80.7 Å². The van der Waals surface area contributed by atoms with E-state index in [1.54, 1.807) is 0 Å². The van der Waals surface area contributed by atoms with E-state index in [4.69, 9.17) is 11.5 Å². The molecule has 1 aliphatic carbocycles. The van der Waals surface area contributed by atoms with Crippen LogP contribution in [0.1, 0.15) is 63.4 Å². The molecule has 4 heteroatoms. The zero-order valence-electron chi connectivity index (χ0n) is 14.1. The second-order valence-corrected chi connectivity index (χ2v) is 7.20. The molecule has 23 heavy (non-hydrogen) atoms. The van der Waals surface area contributed by atoms with E-state index in [0.717, 1.165) is 23.2 Å². The second kappa shape index (κ2) is 7.82. The highest BCUT2D eigenvalue weighted by Gasteiger charge is 2.15. The largest absolute Gasteiger partial charge is 0.382 e. The molecule has 1 saturated carbocycles. The molecule has 0 spiro atoms. The molecule has 2 atom stereocenters. The lowest BCUT2D eigenvalue weighted by molar-refractivity contribution is 0.407. The van der Waals surface area contributed by atoms with Crippen LogP contribution in [0.3, 0.4) is 0 Å². The van der Waals surface area contributed by atoms with E-state index in [1.807, 2.05) is 6.07 Å². The number of rotatable bonds is 2. The molecule has 1 fully saturated rings. The number of H-pyrrole nitrogens is 1. The lowest BCUT2D eigenvalue weighted by Crippen LogP contribution is -2.19. The van der Waals surface area contributed by atoms with Gasteiger partial charge in [-0.05, 0) is 36.8 Å². The van der Waals surface area contributed by atoms with Crippen LogP contribution in [0, 0.1) is 5.92 Å². The fraction of sp³-hybridized carbons (Fsp3) is 0.632. The van der Waals surface area contributed by atoms with Crippen molar-refractivity contribution in [3.8, 4) is 0 Å². The van der Waals surface area contributed by atoms with Crippen molar-refractivity contribution in [1.82, 2.24) is 10.2 Å². The Bertz CT molecular complexity index is 619. The molecular weight excluding hydrogens is 284 g/mol. The van der Waals surface area contributed by atoms with E-state index < -0.39 is 0 Å². The van der Waals surface area contributed by atoms with E-state index >= 15 is 0 Å². The van der Waals surface area contributed by atoms with Crippen molar-refractivity contribution in [1.29, 1.82) is 0 Å². The molecule has 2 aromatic rings. The van der Waals surface area contributed by atoms with E-state index in [9.17, 15) is 0 Å². The molecule has 126 valence electrons. The lowest BCUT2D eigenvalue weighted by atomic mass is 9.88. The first-order valence-electron chi connectivity index (χ1n) is 9.21. The average Bonchev–Trinajstić information content (AvgIpc) is 2.90. The molecule has 4 nitrogen and oxygen atoms in total. The fourth-order valence-electron chi connectivity index (χ4n) is 3.96. The molecule has 0 bridgehead atoms. The predicted octanol–water partition coefficient (Wildman–Crippen LogP) is 4.16. The Morgan fingerprint density at radius 2 is 1.74 bits per heavy atom. The molecule has 0 aliphatic heterocycles. The van der Waals surface area contributed by atoms with Crippen molar-refractivity contribution in [2.45, 2.75) is 70.3 Å². The number of nitrogen functional groups attached to an aromatic ring is 1. The summed E-state index contributed by atoms with van der Waals surface area (Å²) < 4.78 is 0. The maximum absolute atomic E-state index is 6.22. The summed E-state index contributed by atoms with van der Waals surface area (Å²) in [6.07, 6.45) is 12.7. The van der Waals surface area contributed by atoms with Gasteiger partial charge in [0, 0.05) is 11.4 Å². The van der Waals surface area contributed by atoms with Crippen LogP contribution >= 0.6 is 0 Å². The lowest BCUT2D eigenvalue weighted by Gasteiger charge is -2.18. The maximum atomic E-state index is 6.22. The molecule has 1 aromatic carbocycles. The number of nitrogens with one attached hydrogen (secondary N) is 1. The summed E-state index contributed by atoms with van der Waals surface area (Å²) in [6.45, 7) is 0. The van der Waals surface area contributed by atoms with Crippen molar-refractivity contribution >= 4 is 16.7 Å². The highest BCUT2D eigenvalue weighted by molar-refractivity contribution is 5.90. The zero-order valence-corrected chi connectivity index (χ0v) is 14.1. The summed E-state index contributed by atoms with van der Waals surface area (Å²) in [5, 5.41) is 8.34. The molecule has 1 aromatic heterocycles. The number of benzene rings is 1. The van der Waals surface area contributed by atoms with Crippen LogP contribution in [0.25, 0.3) is 10.9 Å². The highest BCUT2D eigenvalue weighted by Crippen LogP contribution is 2.28. The number of hydrogen-bond donors (Lipinski definition) is 3. The first kappa shape index (κ1) is 16.3. The monoisotopic (exact) mass is 314 g/mol. The van der Waals surface area contributed by atoms with E-state index in [-0.39, 0.29) is 0 Å². The number of fused-ring (bicyclic) bond motifs is 1. The molecule has 2 unspecified atom stereocenters. The number of nitrogens with zero attached hydrogens (tertiary/aromatic N) is 1. The first-order valence-corrected chi connectivity index (χ1v) is 9.21. The van der Waals surface area contributed by atoms with Crippen molar-refractivity contribution < 1.29 is 0 Å². The standard InChI is InChI=1S/C19H30N4/c20-16-10-4-2-1-3-7-14(8-5-11-16)13-15-9-6-12-17-18(15)22-23-19(17)21/h6,9,12,14,16H,1-5,7-8,10-11,13,20H2,(H3,21,22,23). The van der Waals surface area contributed by atoms with Gasteiger partial charge in [0.1, 0.15) is 0 Å². The van der Waals surface area contributed by atoms with Crippen LogP contribution in [-0.2, 0) is 6.42 Å². The van der Waals surface area contributed by atoms with Crippen molar-refractivity contribution in [3.05, 3.63) is 23.8 Å². The third-order valence-electron chi connectivity index (χ3n) is 5.35. The summed E-state index contributed by atoms with van der Waals surface area (Å²) >= 11 is 0. The van der Waals surface area contributed by atoms with Gasteiger partial charge in [-0.2, -0.15) is 5.10 Å². The SMILES string of the molecule is Nc1n[nH]c2c(CC3CCCCCCC(N)CCC3)cccc12. The maximum Gasteiger partial charge on any atom is 0.153 e. The number of anilines is 1. The smallest absolute Gasteiger partial charge is 0.153 e. The Kier molecular flexibility index (Phi) is 5.55. The first-order chi connectivity index (χ1) is 11.2. The van der Waals surface area contributed by atoms with Crippen LogP contribution in [0.5, 0.6) is 0 Å². The summed E-state index contributed by atoms with van der Waals surface area (Å²) in [5.41, 5.74) is 14.6. The Morgan fingerprint density at radius 1 is 1.00 bits per heavy atom. The molecule has 0 radical (unpaired) electrons. The summed E-state index contributed by atoms with van der Waals surface area (Å²) in [6, 6.07) is 6.78. The van der Waals surface area contributed by atoms with Crippen LogP contribution in [0.15, 0.2) is 18.2 Å². The average molecular weight is 314 g/mol. The van der Waals surface area contributed by atoms with E-state index in [2.05, 4.69) is 22.3 Å². The molecule has 1 aliphatic rings. The third-order valence-corrected chi connectivity index (χ3v) is 5.35. The van der Waals surface area contributed by atoms with Crippen LogP contribution in [-0.4, -0.2) is 16.2 Å². The normalized spacial score (nSPS) is 24.4. The predicted molar refractivity (Wildman–Crippen MR) is 97.2 cm³/mol. The van der Waals surface area contributed by atoms with Gasteiger partial charge in [0.15, 0.2) is 5.82 Å². The van der Waals surface area contributed by atoms with E-state index in [0.29, 0.717) is 11.9 Å². The van der Waals surface area contributed by atoms with Crippen LogP contribution < -0.4 is 11.5 Å². The Hall–Kier alpha value is -1.55. The zero-order chi connectivity index (χ0) is 16.1.